The minimum absolute atomic E-state index is 0.119. The molecule has 1 aromatic rings. The Hall–Kier alpha value is -2.02. The largest absolute Gasteiger partial charge is 0.494 e. The van der Waals surface area contributed by atoms with Crippen LogP contribution >= 0.6 is 0 Å². The number of allylic oxidation sites excluding steroid dienone is 1. The highest BCUT2D eigenvalue weighted by atomic mass is 19.1. The summed E-state index contributed by atoms with van der Waals surface area (Å²) in [7, 11) is 1.38. The zero-order valence-electron chi connectivity index (χ0n) is 9.25. The van der Waals surface area contributed by atoms with Gasteiger partial charge in [-0.15, -0.1) is 0 Å². The smallest absolute Gasteiger partial charge is 0.165 e. The molecule has 0 aliphatic rings. The van der Waals surface area contributed by atoms with E-state index < -0.39 is 5.82 Å². The first-order chi connectivity index (χ1) is 7.63. The summed E-state index contributed by atoms with van der Waals surface area (Å²) in [6.07, 6.45) is 0.544. The van der Waals surface area contributed by atoms with E-state index in [4.69, 9.17) is 15.7 Å². The minimum Gasteiger partial charge on any atom is -0.494 e. The number of nitrogens with two attached hydrogens (primary N) is 1. The molecule has 0 unspecified atom stereocenters. The molecule has 0 saturated carbocycles. The van der Waals surface area contributed by atoms with Crippen LogP contribution in [-0.4, -0.2) is 7.11 Å². The summed E-state index contributed by atoms with van der Waals surface area (Å²) < 4.78 is 18.0. The SMILES string of the molecule is CC/C(C#N)=C(/N)c1ccc(F)c(OC)c1. The van der Waals surface area contributed by atoms with Gasteiger partial charge in [-0.1, -0.05) is 6.92 Å². The molecular formula is C12H13FN2O. The number of nitrogens with zero attached hydrogens (tertiary/aromatic N) is 1. The van der Waals surface area contributed by atoms with Crippen molar-refractivity contribution in [2.24, 2.45) is 5.73 Å². The molecule has 0 aliphatic heterocycles. The van der Waals surface area contributed by atoms with Crippen molar-refractivity contribution < 1.29 is 9.13 Å². The average molecular weight is 220 g/mol. The van der Waals surface area contributed by atoms with E-state index in [1.807, 2.05) is 13.0 Å². The van der Waals surface area contributed by atoms with E-state index >= 15 is 0 Å². The Kier molecular flexibility index (Phi) is 3.90. The van der Waals surface area contributed by atoms with Gasteiger partial charge in [-0.05, 0) is 24.6 Å². The van der Waals surface area contributed by atoms with Gasteiger partial charge in [0.05, 0.1) is 24.4 Å². The van der Waals surface area contributed by atoms with E-state index in [1.54, 1.807) is 0 Å². The first kappa shape index (κ1) is 12.1. The van der Waals surface area contributed by atoms with E-state index in [2.05, 4.69) is 0 Å². The van der Waals surface area contributed by atoms with Crippen LogP contribution in [0.25, 0.3) is 5.70 Å². The lowest BCUT2D eigenvalue weighted by atomic mass is 10.1. The van der Waals surface area contributed by atoms with Gasteiger partial charge in [-0.25, -0.2) is 4.39 Å². The number of benzene rings is 1. The molecule has 0 saturated heterocycles. The fourth-order valence-corrected chi connectivity index (χ4v) is 1.33. The Morgan fingerprint density at radius 2 is 2.25 bits per heavy atom. The number of hydrogen-bond acceptors (Lipinski definition) is 3. The molecule has 1 aromatic carbocycles. The maximum atomic E-state index is 13.2. The Labute approximate surface area is 93.9 Å². The monoisotopic (exact) mass is 220 g/mol. The molecule has 84 valence electrons. The van der Waals surface area contributed by atoms with Crippen LogP contribution in [-0.2, 0) is 0 Å². The second-order valence-corrected chi connectivity index (χ2v) is 3.21. The second kappa shape index (κ2) is 5.17. The third-order valence-corrected chi connectivity index (χ3v) is 2.28. The van der Waals surface area contributed by atoms with Gasteiger partial charge in [-0.2, -0.15) is 5.26 Å². The summed E-state index contributed by atoms with van der Waals surface area (Å²) >= 11 is 0. The molecule has 0 aliphatic carbocycles. The number of hydrogen-bond donors (Lipinski definition) is 1. The average Bonchev–Trinajstić information content (AvgIpc) is 2.31. The summed E-state index contributed by atoms with van der Waals surface area (Å²) in [5.74, 6) is -0.331. The van der Waals surface area contributed by atoms with Crippen molar-refractivity contribution in [3.63, 3.8) is 0 Å². The van der Waals surface area contributed by atoms with Gasteiger partial charge in [0.25, 0.3) is 0 Å². The van der Waals surface area contributed by atoms with E-state index in [0.717, 1.165) is 0 Å². The van der Waals surface area contributed by atoms with Crippen LogP contribution in [0.3, 0.4) is 0 Å². The lowest BCUT2D eigenvalue weighted by Crippen LogP contribution is -2.01. The number of ether oxygens (including phenoxy) is 1. The predicted octanol–water partition coefficient (Wildman–Crippen LogP) is 2.44. The van der Waals surface area contributed by atoms with Crippen molar-refractivity contribution in [3.05, 3.63) is 35.2 Å². The predicted molar refractivity (Wildman–Crippen MR) is 60.0 cm³/mol. The Bertz CT molecular complexity index is 461. The standard InChI is InChI=1S/C12H13FN2O/c1-3-8(7-14)12(15)9-4-5-10(13)11(6-9)16-2/h4-6H,3,15H2,1-2H3/b12-8-. The third-order valence-electron chi connectivity index (χ3n) is 2.28. The Balaban J connectivity index is 3.25. The molecule has 0 fully saturated rings. The molecule has 2 N–H and O–H groups in total. The number of nitriles is 1. The molecule has 1 rings (SSSR count). The molecule has 4 heteroatoms. The molecule has 0 atom stereocenters. The zero-order chi connectivity index (χ0) is 12.1. The van der Waals surface area contributed by atoms with Gasteiger partial charge in [0.15, 0.2) is 11.6 Å². The fourth-order valence-electron chi connectivity index (χ4n) is 1.33. The van der Waals surface area contributed by atoms with Gasteiger partial charge in [0.2, 0.25) is 0 Å². The van der Waals surface area contributed by atoms with Crippen molar-refractivity contribution >= 4 is 5.70 Å². The molecule has 0 amide bonds. The van der Waals surface area contributed by atoms with Crippen molar-refractivity contribution in [2.75, 3.05) is 7.11 Å². The first-order valence-corrected chi connectivity index (χ1v) is 4.86. The third kappa shape index (κ3) is 2.31. The number of rotatable bonds is 3. The van der Waals surface area contributed by atoms with E-state index in [-0.39, 0.29) is 5.75 Å². The molecule has 0 aromatic heterocycles. The lowest BCUT2D eigenvalue weighted by molar-refractivity contribution is 0.386. The summed E-state index contributed by atoms with van der Waals surface area (Å²) in [4.78, 5) is 0. The first-order valence-electron chi connectivity index (χ1n) is 4.86. The molecule has 0 spiro atoms. The maximum absolute atomic E-state index is 13.2. The quantitative estimate of drug-likeness (QED) is 0.796. The maximum Gasteiger partial charge on any atom is 0.165 e. The summed E-state index contributed by atoms with van der Waals surface area (Å²) in [5, 5.41) is 8.85. The number of halogens is 1. The molecule has 0 bridgehead atoms. The van der Waals surface area contributed by atoms with E-state index in [1.165, 1.54) is 25.3 Å². The van der Waals surface area contributed by atoms with Crippen molar-refractivity contribution in [1.29, 1.82) is 5.26 Å². The van der Waals surface area contributed by atoms with Crippen LogP contribution in [0.1, 0.15) is 18.9 Å². The fraction of sp³-hybridized carbons (Fsp3) is 0.250. The van der Waals surface area contributed by atoms with Crippen molar-refractivity contribution in [1.82, 2.24) is 0 Å². The normalized spacial score (nSPS) is 11.6. The summed E-state index contributed by atoms with van der Waals surface area (Å²) in [6.45, 7) is 1.84. The van der Waals surface area contributed by atoms with E-state index in [9.17, 15) is 4.39 Å². The highest BCUT2D eigenvalue weighted by Gasteiger charge is 2.08. The highest BCUT2D eigenvalue weighted by Crippen LogP contribution is 2.23. The highest BCUT2D eigenvalue weighted by molar-refractivity contribution is 5.69. The van der Waals surface area contributed by atoms with Gasteiger partial charge in [-0.3, -0.25) is 0 Å². The zero-order valence-corrected chi connectivity index (χ0v) is 9.25. The molecular weight excluding hydrogens is 207 g/mol. The Morgan fingerprint density at radius 1 is 1.56 bits per heavy atom. The van der Waals surface area contributed by atoms with Gasteiger partial charge in [0.1, 0.15) is 0 Å². The summed E-state index contributed by atoms with van der Waals surface area (Å²) in [6, 6.07) is 6.30. The molecule has 0 heterocycles. The molecule has 3 nitrogen and oxygen atoms in total. The lowest BCUT2D eigenvalue weighted by Gasteiger charge is -2.07. The van der Waals surface area contributed by atoms with E-state index in [0.29, 0.717) is 23.3 Å². The van der Waals surface area contributed by atoms with Crippen LogP contribution in [0.5, 0.6) is 5.75 Å². The van der Waals surface area contributed by atoms with Crippen molar-refractivity contribution in [3.8, 4) is 11.8 Å². The van der Waals surface area contributed by atoms with Crippen LogP contribution in [0.4, 0.5) is 4.39 Å². The topological polar surface area (TPSA) is 59.0 Å². The molecule has 0 radical (unpaired) electrons. The van der Waals surface area contributed by atoms with Gasteiger partial charge >= 0.3 is 0 Å². The van der Waals surface area contributed by atoms with Crippen LogP contribution in [0, 0.1) is 17.1 Å². The van der Waals surface area contributed by atoms with Crippen molar-refractivity contribution in [2.45, 2.75) is 13.3 Å². The van der Waals surface area contributed by atoms with Gasteiger partial charge in [0, 0.05) is 5.56 Å². The number of methoxy groups -OCH3 is 1. The second-order valence-electron chi connectivity index (χ2n) is 3.21. The van der Waals surface area contributed by atoms with Crippen LogP contribution in [0.15, 0.2) is 23.8 Å². The minimum atomic E-state index is -0.450. The summed E-state index contributed by atoms with van der Waals surface area (Å²) in [5.41, 5.74) is 7.25. The van der Waals surface area contributed by atoms with Crippen LogP contribution in [0.2, 0.25) is 0 Å². The van der Waals surface area contributed by atoms with Crippen LogP contribution < -0.4 is 10.5 Å². The molecule has 16 heavy (non-hydrogen) atoms. The Morgan fingerprint density at radius 3 is 2.75 bits per heavy atom. The van der Waals surface area contributed by atoms with Gasteiger partial charge < -0.3 is 10.5 Å².